The van der Waals surface area contributed by atoms with Crippen molar-refractivity contribution in [3.8, 4) is 5.75 Å². The monoisotopic (exact) mass is 289 g/mol. The van der Waals surface area contributed by atoms with Gasteiger partial charge in [0, 0.05) is 26.6 Å². The number of para-hydroxylation sites is 1. The van der Waals surface area contributed by atoms with Crippen LogP contribution in [0.1, 0.15) is 37.7 Å². The molecule has 1 atom stereocenters. The number of methoxy groups -OCH3 is 1. The third kappa shape index (κ3) is 3.58. The first kappa shape index (κ1) is 14.9. The van der Waals surface area contributed by atoms with Gasteiger partial charge in [-0.2, -0.15) is 0 Å². The maximum atomic E-state index is 6.17. The molecule has 0 spiro atoms. The van der Waals surface area contributed by atoms with Crippen molar-refractivity contribution in [1.29, 1.82) is 0 Å². The summed E-state index contributed by atoms with van der Waals surface area (Å²) in [5.74, 6) is 1.10. The van der Waals surface area contributed by atoms with Crippen molar-refractivity contribution in [2.24, 2.45) is 5.41 Å². The van der Waals surface area contributed by atoms with E-state index in [0.717, 1.165) is 31.9 Å². The summed E-state index contributed by atoms with van der Waals surface area (Å²) < 4.78 is 11.3. The normalized spacial score (nSPS) is 23.0. The van der Waals surface area contributed by atoms with Gasteiger partial charge < -0.3 is 14.8 Å². The molecule has 1 saturated carbocycles. The highest BCUT2D eigenvalue weighted by atomic mass is 16.5. The molecular formula is C18H27NO2. The van der Waals surface area contributed by atoms with Crippen LogP contribution in [0.25, 0.3) is 0 Å². The van der Waals surface area contributed by atoms with Crippen molar-refractivity contribution < 1.29 is 9.47 Å². The summed E-state index contributed by atoms with van der Waals surface area (Å²) in [6, 6.07) is 8.49. The summed E-state index contributed by atoms with van der Waals surface area (Å²) in [6.07, 6.45) is 8.03. The summed E-state index contributed by atoms with van der Waals surface area (Å²) in [7, 11) is 1.76. The molecule has 21 heavy (non-hydrogen) atoms. The largest absolute Gasteiger partial charge is 0.490 e. The summed E-state index contributed by atoms with van der Waals surface area (Å²) in [5, 5.41) is 3.58. The zero-order chi connectivity index (χ0) is 14.5. The molecule has 1 aromatic rings. The number of hydrogen-bond acceptors (Lipinski definition) is 3. The topological polar surface area (TPSA) is 30.5 Å². The summed E-state index contributed by atoms with van der Waals surface area (Å²) in [5.41, 5.74) is 1.81. The van der Waals surface area contributed by atoms with E-state index >= 15 is 0 Å². The number of nitrogens with one attached hydrogen (secondary N) is 1. The Labute approximate surface area is 128 Å². The van der Waals surface area contributed by atoms with Gasteiger partial charge in [-0.15, -0.1) is 0 Å². The van der Waals surface area contributed by atoms with E-state index in [1.54, 1.807) is 7.11 Å². The van der Waals surface area contributed by atoms with Gasteiger partial charge in [0.1, 0.15) is 11.9 Å². The van der Waals surface area contributed by atoms with Crippen molar-refractivity contribution in [3.63, 3.8) is 0 Å². The quantitative estimate of drug-likeness (QED) is 0.782. The second-order valence-electron chi connectivity index (χ2n) is 6.63. The molecule has 0 saturated heterocycles. The molecule has 3 rings (SSSR count). The average molecular weight is 289 g/mol. The fourth-order valence-electron chi connectivity index (χ4n) is 3.96. The Morgan fingerprint density at radius 3 is 2.86 bits per heavy atom. The third-order valence-corrected chi connectivity index (χ3v) is 5.02. The van der Waals surface area contributed by atoms with E-state index < -0.39 is 0 Å². The minimum absolute atomic E-state index is 0.365. The molecule has 1 aliphatic carbocycles. The van der Waals surface area contributed by atoms with Crippen LogP contribution >= 0.6 is 0 Å². The Kier molecular flexibility index (Phi) is 4.81. The van der Waals surface area contributed by atoms with Gasteiger partial charge >= 0.3 is 0 Å². The van der Waals surface area contributed by atoms with E-state index in [-0.39, 0.29) is 0 Å². The van der Waals surface area contributed by atoms with Gasteiger partial charge in [0.15, 0.2) is 0 Å². The van der Waals surface area contributed by atoms with Gasteiger partial charge in [0.2, 0.25) is 0 Å². The molecule has 3 heteroatoms. The van der Waals surface area contributed by atoms with Crippen LogP contribution in [0.15, 0.2) is 24.3 Å². The van der Waals surface area contributed by atoms with Crippen LogP contribution in [0.2, 0.25) is 0 Å². The fraction of sp³-hybridized carbons (Fsp3) is 0.667. The molecule has 116 valence electrons. The summed E-state index contributed by atoms with van der Waals surface area (Å²) in [6.45, 7) is 2.85. The van der Waals surface area contributed by atoms with Crippen LogP contribution in [0.5, 0.6) is 5.75 Å². The van der Waals surface area contributed by atoms with Crippen LogP contribution in [0, 0.1) is 5.41 Å². The lowest BCUT2D eigenvalue weighted by Gasteiger charge is -2.32. The molecule has 1 N–H and O–H groups in total. The maximum Gasteiger partial charge on any atom is 0.123 e. The first-order valence-electron chi connectivity index (χ1n) is 8.26. The van der Waals surface area contributed by atoms with E-state index in [1.807, 2.05) is 0 Å². The van der Waals surface area contributed by atoms with E-state index in [0.29, 0.717) is 11.5 Å². The van der Waals surface area contributed by atoms with Crippen LogP contribution in [0.3, 0.4) is 0 Å². The molecule has 1 heterocycles. The van der Waals surface area contributed by atoms with E-state index in [1.165, 1.54) is 37.7 Å². The minimum atomic E-state index is 0.365. The number of benzene rings is 1. The van der Waals surface area contributed by atoms with Gasteiger partial charge in [-0.25, -0.2) is 0 Å². The Hall–Kier alpha value is -1.06. The molecule has 1 unspecified atom stereocenters. The Morgan fingerprint density at radius 1 is 1.29 bits per heavy atom. The van der Waals surface area contributed by atoms with Gasteiger partial charge in [-0.1, -0.05) is 31.0 Å². The van der Waals surface area contributed by atoms with Crippen LogP contribution in [-0.4, -0.2) is 32.9 Å². The molecule has 0 radical (unpaired) electrons. The lowest BCUT2D eigenvalue weighted by atomic mass is 9.79. The number of hydrogen-bond donors (Lipinski definition) is 1. The SMILES string of the molecule is COCCNCC1(CC2Cc3ccccc3O2)CCCC1. The molecule has 2 aliphatic rings. The molecule has 0 amide bonds. The van der Waals surface area contributed by atoms with Crippen molar-refractivity contribution in [2.45, 2.75) is 44.6 Å². The van der Waals surface area contributed by atoms with Crippen LogP contribution < -0.4 is 10.1 Å². The number of rotatable bonds is 7. The molecule has 0 bridgehead atoms. The zero-order valence-corrected chi connectivity index (χ0v) is 13.1. The van der Waals surface area contributed by atoms with Crippen LogP contribution in [0.4, 0.5) is 0 Å². The van der Waals surface area contributed by atoms with Gasteiger partial charge in [0.25, 0.3) is 0 Å². The minimum Gasteiger partial charge on any atom is -0.490 e. The van der Waals surface area contributed by atoms with E-state index in [2.05, 4.69) is 29.6 Å². The zero-order valence-electron chi connectivity index (χ0n) is 13.1. The molecule has 1 aliphatic heterocycles. The van der Waals surface area contributed by atoms with Crippen molar-refractivity contribution >= 4 is 0 Å². The molecule has 1 aromatic carbocycles. The number of fused-ring (bicyclic) bond motifs is 1. The standard InChI is InChI=1S/C18H27NO2/c1-20-11-10-19-14-18(8-4-5-9-18)13-16-12-15-6-2-3-7-17(15)21-16/h2-3,6-7,16,19H,4-5,8-14H2,1H3. The number of ether oxygens (including phenoxy) is 2. The predicted octanol–water partition coefficient (Wildman–Crippen LogP) is 3.18. The summed E-state index contributed by atoms with van der Waals surface area (Å²) in [4.78, 5) is 0. The van der Waals surface area contributed by atoms with Crippen molar-refractivity contribution in [1.82, 2.24) is 5.32 Å². The lowest BCUT2D eigenvalue weighted by Crippen LogP contribution is -2.37. The smallest absolute Gasteiger partial charge is 0.123 e. The first-order valence-corrected chi connectivity index (χ1v) is 8.26. The molecular weight excluding hydrogens is 262 g/mol. The average Bonchev–Trinajstić information content (AvgIpc) is 3.10. The highest BCUT2D eigenvalue weighted by Crippen LogP contribution is 2.44. The summed E-state index contributed by atoms with van der Waals surface area (Å²) >= 11 is 0. The first-order chi connectivity index (χ1) is 10.3. The van der Waals surface area contributed by atoms with Gasteiger partial charge in [-0.3, -0.25) is 0 Å². The van der Waals surface area contributed by atoms with E-state index in [4.69, 9.17) is 9.47 Å². The van der Waals surface area contributed by atoms with Crippen molar-refractivity contribution in [2.75, 3.05) is 26.8 Å². The highest BCUT2D eigenvalue weighted by molar-refractivity contribution is 5.37. The lowest BCUT2D eigenvalue weighted by molar-refractivity contribution is 0.130. The Bertz CT molecular complexity index is 429. The highest BCUT2D eigenvalue weighted by Gasteiger charge is 2.38. The molecule has 0 aromatic heterocycles. The third-order valence-electron chi connectivity index (χ3n) is 5.02. The molecule has 3 nitrogen and oxygen atoms in total. The van der Waals surface area contributed by atoms with Crippen molar-refractivity contribution in [3.05, 3.63) is 29.8 Å². The maximum absolute atomic E-state index is 6.17. The molecule has 1 fully saturated rings. The van der Waals surface area contributed by atoms with E-state index in [9.17, 15) is 0 Å². The second kappa shape index (κ2) is 6.80. The Balaban J connectivity index is 1.56. The van der Waals surface area contributed by atoms with Gasteiger partial charge in [0.05, 0.1) is 6.61 Å². The van der Waals surface area contributed by atoms with Gasteiger partial charge in [-0.05, 0) is 36.3 Å². The Morgan fingerprint density at radius 2 is 2.10 bits per heavy atom. The second-order valence-corrected chi connectivity index (χ2v) is 6.63. The predicted molar refractivity (Wildman–Crippen MR) is 84.8 cm³/mol. The van der Waals surface area contributed by atoms with Crippen LogP contribution in [-0.2, 0) is 11.2 Å². The fourth-order valence-corrected chi connectivity index (χ4v) is 3.96.